The number of carbonyl (C=O) groups is 1. The molecule has 0 saturated carbocycles. The van der Waals surface area contributed by atoms with Crippen LogP contribution in [0.1, 0.15) is 38.4 Å². The van der Waals surface area contributed by atoms with E-state index in [1.807, 2.05) is 37.3 Å². The summed E-state index contributed by atoms with van der Waals surface area (Å²) in [5.41, 5.74) is 2.20. The Morgan fingerprint density at radius 1 is 1.03 bits per heavy atom. The van der Waals surface area contributed by atoms with Crippen LogP contribution in [0, 0.1) is 0 Å². The number of aromatic nitrogens is 2. The topological polar surface area (TPSA) is 65.4 Å². The Balaban J connectivity index is 1.52. The normalized spacial score (nSPS) is 11.2. The average molecular weight is 436 g/mol. The number of unbranched alkanes of at least 4 members (excludes halogenated alkanes) is 2. The molecule has 1 amide bonds. The molecule has 0 aliphatic rings. The van der Waals surface area contributed by atoms with Crippen LogP contribution in [-0.4, -0.2) is 35.7 Å². The van der Waals surface area contributed by atoms with Crippen LogP contribution in [0.4, 0.5) is 0 Å². The zero-order valence-corrected chi connectivity index (χ0v) is 19.0. The maximum Gasteiger partial charge on any atom is 0.243 e. The summed E-state index contributed by atoms with van der Waals surface area (Å²) in [5, 5.41) is 2.90. The van der Waals surface area contributed by atoms with Crippen molar-refractivity contribution in [1.29, 1.82) is 0 Å². The molecule has 32 heavy (non-hydrogen) atoms. The zero-order chi connectivity index (χ0) is 22.6. The second-order valence-electron chi connectivity index (χ2n) is 7.62. The third kappa shape index (κ3) is 6.61. The first-order valence-electron chi connectivity index (χ1n) is 11.3. The van der Waals surface area contributed by atoms with Gasteiger partial charge in [-0.1, -0.05) is 36.8 Å². The number of ether oxygens (including phenoxy) is 2. The first kappa shape index (κ1) is 23.4. The van der Waals surface area contributed by atoms with Gasteiger partial charge in [0.05, 0.1) is 24.8 Å². The van der Waals surface area contributed by atoms with Crippen molar-refractivity contribution in [2.45, 2.75) is 45.6 Å². The molecule has 1 heterocycles. The van der Waals surface area contributed by atoms with Crippen molar-refractivity contribution in [3.8, 4) is 11.5 Å². The number of nitrogens with one attached hydrogen (secondary N) is 1. The molecule has 1 aromatic heterocycles. The highest BCUT2D eigenvalue weighted by atomic mass is 16.5. The molecule has 2 aromatic carbocycles. The van der Waals surface area contributed by atoms with E-state index in [1.165, 1.54) is 5.52 Å². The van der Waals surface area contributed by atoms with Crippen molar-refractivity contribution >= 4 is 16.9 Å². The van der Waals surface area contributed by atoms with Gasteiger partial charge in [0.15, 0.2) is 11.5 Å². The number of hydrogen-bond acceptors (Lipinski definition) is 4. The maximum atomic E-state index is 11.5. The van der Waals surface area contributed by atoms with E-state index in [2.05, 4.69) is 28.1 Å². The van der Waals surface area contributed by atoms with Crippen LogP contribution >= 0.6 is 0 Å². The number of carbonyl (C=O) groups excluding carboxylic acids is 1. The predicted molar refractivity (Wildman–Crippen MR) is 128 cm³/mol. The third-order valence-electron chi connectivity index (χ3n) is 5.28. The van der Waals surface area contributed by atoms with E-state index in [0.717, 1.165) is 61.5 Å². The number of hydrogen-bond donors (Lipinski definition) is 1. The van der Waals surface area contributed by atoms with Crippen molar-refractivity contribution < 1.29 is 14.3 Å². The standard InChI is InChI=1S/C26H33N3O3/c1-3-12-26(30)27-18-10-4-5-17-25-28-21-13-6-7-14-22(21)29(25)19-11-20-32-24-16-9-8-15-23(24)31-2/h3,6-9,12-16H,4-5,10-11,17-20H2,1-2H3,(H,27,30)/b12-3+. The van der Waals surface area contributed by atoms with E-state index in [9.17, 15) is 4.79 Å². The minimum Gasteiger partial charge on any atom is -0.493 e. The molecule has 6 nitrogen and oxygen atoms in total. The molecule has 3 aromatic rings. The average Bonchev–Trinajstić information content (AvgIpc) is 3.16. The Morgan fingerprint density at radius 2 is 1.81 bits per heavy atom. The number of aryl methyl sites for hydroxylation is 2. The summed E-state index contributed by atoms with van der Waals surface area (Å²) in [4.78, 5) is 16.3. The lowest BCUT2D eigenvalue weighted by Gasteiger charge is -2.12. The first-order chi connectivity index (χ1) is 15.7. The summed E-state index contributed by atoms with van der Waals surface area (Å²) in [5.74, 6) is 2.61. The van der Waals surface area contributed by atoms with Gasteiger partial charge in [-0.15, -0.1) is 0 Å². The molecule has 0 unspecified atom stereocenters. The summed E-state index contributed by atoms with van der Waals surface area (Å²) in [6, 6.07) is 16.0. The van der Waals surface area contributed by atoms with Gasteiger partial charge >= 0.3 is 0 Å². The molecule has 6 heteroatoms. The van der Waals surface area contributed by atoms with E-state index < -0.39 is 0 Å². The van der Waals surface area contributed by atoms with E-state index >= 15 is 0 Å². The van der Waals surface area contributed by atoms with Crippen molar-refractivity contribution in [2.75, 3.05) is 20.3 Å². The Bertz CT molecular complexity index is 1030. The second kappa shape index (κ2) is 12.5. The molecule has 1 N–H and O–H groups in total. The molecule has 0 spiro atoms. The minimum absolute atomic E-state index is 0.0235. The highest BCUT2D eigenvalue weighted by Crippen LogP contribution is 2.26. The van der Waals surface area contributed by atoms with Crippen LogP contribution in [0.25, 0.3) is 11.0 Å². The number of methoxy groups -OCH3 is 1. The highest BCUT2D eigenvalue weighted by molar-refractivity contribution is 5.87. The predicted octanol–water partition coefficient (Wildman–Crippen LogP) is 4.92. The SMILES string of the molecule is C/C=C/C(=O)NCCCCCc1nc2ccccc2n1CCCOc1ccccc1OC. The van der Waals surface area contributed by atoms with Gasteiger partial charge in [-0.05, 0) is 56.5 Å². The molecule has 0 aliphatic heterocycles. The number of benzene rings is 2. The fourth-order valence-corrected chi connectivity index (χ4v) is 3.72. The van der Waals surface area contributed by atoms with Gasteiger partial charge in [0, 0.05) is 19.5 Å². The van der Waals surface area contributed by atoms with E-state index in [4.69, 9.17) is 14.5 Å². The quantitative estimate of drug-likeness (QED) is 0.306. The largest absolute Gasteiger partial charge is 0.493 e. The van der Waals surface area contributed by atoms with E-state index in [1.54, 1.807) is 19.3 Å². The lowest BCUT2D eigenvalue weighted by Crippen LogP contribution is -2.21. The summed E-state index contributed by atoms with van der Waals surface area (Å²) in [7, 11) is 1.66. The Labute approximate surface area is 190 Å². The van der Waals surface area contributed by atoms with Gasteiger partial charge in [-0.2, -0.15) is 0 Å². The van der Waals surface area contributed by atoms with Gasteiger partial charge in [0.2, 0.25) is 5.91 Å². The smallest absolute Gasteiger partial charge is 0.243 e. The minimum atomic E-state index is -0.0235. The fourth-order valence-electron chi connectivity index (χ4n) is 3.72. The van der Waals surface area contributed by atoms with Gasteiger partial charge in [-0.3, -0.25) is 4.79 Å². The third-order valence-corrected chi connectivity index (χ3v) is 5.28. The number of amides is 1. The molecule has 0 fully saturated rings. The van der Waals surface area contributed by atoms with Gasteiger partial charge in [-0.25, -0.2) is 4.98 Å². The molecule has 3 rings (SSSR count). The molecular weight excluding hydrogens is 402 g/mol. The fraction of sp³-hybridized carbons (Fsp3) is 0.385. The Hall–Kier alpha value is -3.28. The van der Waals surface area contributed by atoms with Crippen LogP contribution in [-0.2, 0) is 17.8 Å². The van der Waals surface area contributed by atoms with Crippen LogP contribution in [0.15, 0.2) is 60.7 Å². The number of rotatable bonds is 13. The summed E-state index contributed by atoms with van der Waals surface area (Å²) >= 11 is 0. The molecule has 0 radical (unpaired) electrons. The number of fused-ring (bicyclic) bond motifs is 1. The van der Waals surface area contributed by atoms with Crippen LogP contribution in [0.2, 0.25) is 0 Å². The second-order valence-corrected chi connectivity index (χ2v) is 7.62. The van der Waals surface area contributed by atoms with Crippen molar-refractivity contribution in [3.63, 3.8) is 0 Å². The Kier molecular flexibility index (Phi) is 9.17. The van der Waals surface area contributed by atoms with Crippen LogP contribution in [0.3, 0.4) is 0 Å². The monoisotopic (exact) mass is 435 g/mol. The summed E-state index contributed by atoms with van der Waals surface area (Å²) in [6.45, 7) is 4.01. The first-order valence-corrected chi connectivity index (χ1v) is 11.3. The lowest BCUT2D eigenvalue weighted by atomic mass is 10.2. The molecule has 0 saturated heterocycles. The van der Waals surface area contributed by atoms with Crippen molar-refractivity contribution in [3.05, 3.63) is 66.5 Å². The summed E-state index contributed by atoms with van der Waals surface area (Å²) in [6.07, 6.45) is 8.17. The summed E-state index contributed by atoms with van der Waals surface area (Å²) < 4.78 is 13.6. The van der Waals surface area contributed by atoms with Crippen molar-refractivity contribution in [1.82, 2.24) is 14.9 Å². The van der Waals surface area contributed by atoms with Gasteiger partial charge in [0.25, 0.3) is 0 Å². The zero-order valence-electron chi connectivity index (χ0n) is 19.0. The lowest BCUT2D eigenvalue weighted by molar-refractivity contribution is -0.116. The van der Waals surface area contributed by atoms with E-state index in [0.29, 0.717) is 13.2 Å². The number of imidazole rings is 1. The number of para-hydroxylation sites is 4. The van der Waals surface area contributed by atoms with Gasteiger partial charge < -0.3 is 19.4 Å². The molecule has 0 aliphatic carbocycles. The van der Waals surface area contributed by atoms with Crippen LogP contribution < -0.4 is 14.8 Å². The van der Waals surface area contributed by atoms with Crippen LogP contribution in [0.5, 0.6) is 11.5 Å². The highest BCUT2D eigenvalue weighted by Gasteiger charge is 2.10. The molecule has 0 atom stereocenters. The van der Waals surface area contributed by atoms with Gasteiger partial charge in [0.1, 0.15) is 5.82 Å². The van der Waals surface area contributed by atoms with Crippen molar-refractivity contribution in [2.24, 2.45) is 0 Å². The Morgan fingerprint density at radius 3 is 2.62 bits per heavy atom. The number of nitrogens with zero attached hydrogens (tertiary/aromatic N) is 2. The van der Waals surface area contributed by atoms with E-state index in [-0.39, 0.29) is 5.91 Å². The molecule has 0 bridgehead atoms. The molecular formula is C26H33N3O3. The maximum absolute atomic E-state index is 11.5. The number of allylic oxidation sites excluding steroid dienone is 1. The molecule has 170 valence electrons.